The molecule has 29 heavy (non-hydrogen) atoms. The third-order valence-electron chi connectivity index (χ3n) is 4.89. The van der Waals surface area contributed by atoms with Crippen molar-refractivity contribution in [3.8, 4) is 0 Å². The molecule has 2 aromatic rings. The van der Waals surface area contributed by atoms with Crippen molar-refractivity contribution in [2.24, 2.45) is 4.99 Å². The first kappa shape index (κ1) is 23.0. The van der Waals surface area contributed by atoms with Crippen LogP contribution in [-0.2, 0) is 6.54 Å². The van der Waals surface area contributed by atoms with Gasteiger partial charge in [-0.25, -0.2) is 0 Å². The van der Waals surface area contributed by atoms with Crippen LogP contribution in [0.4, 0.5) is 5.69 Å². The largest absolute Gasteiger partial charge is 0.369 e. The van der Waals surface area contributed by atoms with Gasteiger partial charge in [0.05, 0.1) is 0 Å². The van der Waals surface area contributed by atoms with Gasteiger partial charge in [-0.15, -0.1) is 24.0 Å². The molecule has 0 spiro atoms. The first-order valence-corrected chi connectivity index (χ1v) is 9.84. The highest BCUT2D eigenvalue weighted by Gasteiger charge is 2.23. The molecular formula is C22H30IN5O. The highest BCUT2D eigenvalue weighted by Crippen LogP contribution is 2.19. The van der Waals surface area contributed by atoms with Crippen molar-refractivity contribution in [2.45, 2.75) is 25.9 Å². The van der Waals surface area contributed by atoms with Crippen LogP contribution >= 0.6 is 24.0 Å². The van der Waals surface area contributed by atoms with Gasteiger partial charge >= 0.3 is 0 Å². The van der Waals surface area contributed by atoms with E-state index in [0.717, 1.165) is 31.0 Å². The number of hydrogen-bond donors (Lipinski definition) is 3. The number of carbonyl (C=O) groups excluding carboxylic acids is 1. The average molecular weight is 507 g/mol. The van der Waals surface area contributed by atoms with Gasteiger partial charge in [-0.3, -0.25) is 9.79 Å². The minimum atomic E-state index is -0.0383. The molecule has 2 aromatic carbocycles. The summed E-state index contributed by atoms with van der Waals surface area (Å²) >= 11 is 0. The van der Waals surface area contributed by atoms with E-state index < -0.39 is 0 Å². The Kier molecular flexibility index (Phi) is 9.24. The monoisotopic (exact) mass is 507 g/mol. The molecule has 1 fully saturated rings. The zero-order valence-electron chi connectivity index (χ0n) is 17.0. The molecule has 0 aromatic heterocycles. The molecule has 1 unspecified atom stereocenters. The first-order chi connectivity index (χ1) is 13.7. The van der Waals surface area contributed by atoms with E-state index in [1.54, 1.807) is 7.05 Å². The van der Waals surface area contributed by atoms with Crippen molar-refractivity contribution in [2.75, 3.05) is 31.6 Å². The second-order valence-corrected chi connectivity index (χ2v) is 6.89. The van der Waals surface area contributed by atoms with Gasteiger partial charge in [-0.1, -0.05) is 30.3 Å². The molecule has 0 bridgehead atoms. The van der Waals surface area contributed by atoms with Gasteiger partial charge in [0.25, 0.3) is 5.91 Å². The number of guanidine groups is 1. The minimum Gasteiger partial charge on any atom is -0.369 e. The third kappa shape index (κ3) is 6.62. The van der Waals surface area contributed by atoms with E-state index >= 15 is 0 Å². The van der Waals surface area contributed by atoms with Gasteiger partial charge in [-0.2, -0.15) is 0 Å². The van der Waals surface area contributed by atoms with E-state index in [4.69, 9.17) is 0 Å². The van der Waals surface area contributed by atoms with Crippen LogP contribution in [-0.4, -0.2) is 44.6 Å². The molecule has 7 heteroatoms. The maximum Gasteiger partial charge on any atom is 0.251 e. The number of hydrogen-bond acceptors (Lipinski definition) is 3. The van der Waals surface area contributed by atoms with Crippen LogP contribution in [0.2, 0.25) is 0 Å². The van der Waals surface area contributed by atoms with Crippen LogP contribution in [0.1, 0.15) is 29.3 Å². The number of nitrogens with one attached hydrogen (secondary N) is 3. The summed E-state index contributed by atoms with van der Waals surface area (Å²) in [5.41, 5.74) is 3.05. The molecule has 1 amide bonds. The van der Waals surface area contributed by atoms with Crippen LogP contribution in [0.5, 0.6) is 0 Å². The lowest BCUT2D eigenvalue weighted by Gasteiger charge is -2.20. The van der Waals surface area contributed by atoms with E-state index in [-0.39, 0.29) is 29.9 Å². The molecule has 1 aliphatic rings. The average Bonchev–Trinajstić information content (AvgIpc) is 3.21. The van der Waals surface area contributed by atoms with Crippen molar-refractivity contribution in [3.63, 3.8) is 0 Å². The molecule has 1 aliphatic heterocycles. The molecular weight excluding hydrogens is 477 g/mol. The Morgan fingerprint density at radius 3 is 2.48 bits per heavy atom. The quantitative estimate of drug-likeness (QED) is 0.320. The third-order valence-corrected chi connectivity index (χ3v) is 4.89. The van der Waals surface area contributed by atoms with Crippen molar-refractivity contribution < 1.29 is 4.79 Å². The van der Waals surface area contributed by atoms with Gasteiger partial charge in [0.2, 0.25) is 0 Å². The Morgan fingerprint density at radius 1 is 1.10 bits per heavy atom. The standard InChI is InChI=1S/C22H29N5O.HI/c1-3-24-21(28)18-11-9-17(10-12-18)15-25-22(23-2)26-19-13-14-27(16-19)20-7-5-4-6-8-20;/h4-12,19H,3,13-16H2,1-2H3,(H,24,28)(H2,23,25,26);1H. The predicted octanol–water partition coefficient (Wildman–Crippen LogP) is 3.00. The number of halogens is 1. The summed E-state index contributed by atoms with van der Waals surface area (Å²) in [6.45, 7) is 5.21. The van der Waals surface area contributed by atoms with E-state index in [2.05, 4.69) is 50.1 Å². The zero-order chi connectivity index (χ0) is 19.8. The van der Waals surface area contributed by atoms with Gasteiger partial charge in [0.1, 0.15) is 0 Å². The number of anilines is 1. The molecule has 1 saturated heterocycles. The van der Waals surface area contributed by atoms with Gasteiger partial charge in [0, 0.05) is 50.5 Å². The van der Waals surface area contributed by atoms with Crippen LogP contribution in [0.3, 0.4) is 0 Å². The van der Waals surface area contributed by atoms with Crippen LogP contribution in [0.25, 0.3) is 0 Å². The molecule has 1 atom stereocenters. The normalized spacial score (nSPS) is 16.1. The number of nitrogens with zero attached hydrogens (tertiary/aromatic N) is 2. The lowest BCUT2D eigenvalue weighted by molar-refractivity contribution is 0.0956. The SMILES string of the molecule is CCNC(=O)c1ccc(CNC(=NC)NC2CCN(c3ccccc3)C2)cc1.I. The van der Waals surface area contributed by atoms with Gasteiger partial charge < -0.3 is 20.9 Å². The summed E-state index contributed by atoms with van der Waals surface area (Å²) in [5.74, 6) is 0.761. The minimum absolute atomic E-state index is 0. The smallest absolute Gasteiger partial charge is 0.251 e. The summed E-state index contributed by atoms with van der Waals surface area (Å²) in [6.07, 6.45) is 1.08. The summed E-state index contributed by atoms with van der Waals surface area (Å²) in [7, 11) is 1.79. The number of benzene rings is 2. The van der Waals surface area contributed by atoms with E-state index in [0.29, 0.717) is 24.7 Å². The van der Waals surface area contributed by atoms with Crippen LogP contribution in [0.15, 0.2) is 59.6 Å². The summed E-state index contributed by atoms with van der Waals surface area (Å²) < 4.78 is 0. The molecule has 6 nitrogen and oxygen atoms in total. The Balaban J connectivity index is 0.00000300. The van der Waals surface area contributed by atoms with Crippen molar-refractivity contribution in [1.82, 2.24) is 16.0 Å². The molecule has 0 aliphatic carbocycles. The molecule has 0 saturated carbocycles. The Labute approximate surface area is 190 Å². The van der Waals surface area contributed by atoms with Gasteiger partial charge in [0.15, 0.2) is 5.96 Å². The fourth-order valence-corrected chi connectivity index (χ4v) is 3.36. The number of carbonyl (C=O) groups is 1. The fourth-order valence-electron chi connectivity index (χ4n) is 3.36. The molecule has 156 valence electrons. The Bertz CT molecular complexity index is 795. The number of aliphatic imine (C=N–C) groups is 1. The fraction of sp³-hybridized carbons (Fsp3) is 0.364. The summed E-state index contributed by atoms with van der Waals surface area (Å²) in [6, 6.07) is 18.5. The van der Waals surface area contributed by atoms with E-state index in [1.165, 1.54) is 5.69 Å². The summed E-state index contributed by atoms with van der Waals surface area (Å²) in [5, 5.41) is 9.68. The lowest BCUT2D eigenvalue weighted by atomic mass is 10.1. The van der Waals surface area contributed by atoms with Crippen molar-refractivity contribution in [1.29, 1.82) is 0 Å². The topological polar surface area (TPSA) is 68.8 Å². The zero-order valence-corrected chi connectivity index (χ0v) is 19.4. The maximum atomic E-state index is 11.8. The number of amides is 1. The predicted molar refractivity (Wildman–Crippen MR) is 130 cm³/mol. The molecule has 0 radical (unpaired) electrons. The second-order valence-electron chi connectivity index (χ2n) is 6.89. The van der Waals surface area contributed by atoms with Crippen LogP contribution < -0.4 is 20.9 Å². The van der Waals surface area contributed by atoms with Gasteiger partial charge in [-0.05, 0) is 43.2 Å². The van der Waals surface area contributed by atoms with E-state index in [1.807, 2.05) is 37.3 Å². The molecule has 1 heterocycles. The second kappa shape index (κ2) is 11.6. The van der Waals surface area contributed by atoms with E-state index in [9.17, 15) is 4.79 Å². The molecule has 3 N–H and O–H groups in total. The number of para-hydroxylation sites is 1. The van der Waals surface area contributed by atoms with Crippen LogP contribution in [0, 0.1) is 0 Å². The highest BCUT2D eigenvalue weighted by atomic mass is 127. The lowest BCUT2D eigenvalue weighted by Crippen LogP contribution is -2.44. The highest BCUT2D eigenvalue weighted by molar-refractivity contribution is 14.0. The Hall–Kier alpha value is -2.29. The maximum absolute atomic E-state index is 11.8. The molecule has 3 rings (SSSR count). The number of rotatable bonds is 6. The summed E-state index contributed by atoms with van der Waals surface area (Å²) in [4.78, 5) is 18.6. The first-order valence-electron chi connectivity index (χ1n) is 9.84. The Morgan fingerprint density at radius 2 is 1.83 bits per heavy atom. The van der Waals surface area contributed by atoms with Crippen molar-refractivity contribution in [3.05, 3.63) is 65.7 Å². The van der Waals surface area contributed by atoms with Crippen molar-refractivity contribution >= 4 is 41.5 Å².